The Bertz CT molecular complexity index is 595. The lowest BCUT2D eigenvalue weighted by Gasteiger charge is -2.52. The van der Waals surface area contributed by atoms with Crippen LogP contribution < -0.4 is 4.90 Å². The number of aryl methyl sites for hydroxylation is 1. The Morgan fingerprint density at radius 1 is 1.41 bits per heavy atom. The first kappa shape index (κ1) is 15.6. The van der Waals surface area contributed by atoms with Crippen LogP contribution in [0.1, 0.15) is 25.0 Å². The van der Waals surface area contributed by atoms with Gasteiger partial charge in [0.15, 0.2) is 0 Å². The minimum atomic E-state index is -0.649. The van der Waals surface area contributed by atoms with Crippen molar-refractivity contribution in [2.75, 3.05) is 31.6 Å². The van der Waals surface area contributed by atoms with Crippen LogP contribution in [0, 0.1) is 12.3 Å². The highest BCUT2D eigenvalue weighted by molar-refractivity contribution is 6.31. The summed E-state index contributed by atoms with van der Waals surface area (Å²) in [5.41, 5.74) is 0.205. The Labute approximate surface area is 135 Å². The van der Waals surface area contributed by atoms with Gasteiger partial charge in [0.1, 0.15) is 5.82 Å². The van der Waals surface area contributed by atoms with Gasteiger partial charge in [0.2, 0.25) is 0 Å². The summed E-state index contributed by atoms with van der Waals surface area (Å²) in [4.78, 5) is 20.9. The molecule has 5 nitrogen and oxygen atoms in total. The summed E-state index contributed by atoms with van der Waals surface area (Å²) in [6.07, 6.45) is 2.40. The van der Waals surface area contributed by atoms with Gasteiger partial charge in [-0.1, -0.05) is 11.6 Å². The van der Waals surface area contributed by atoms with E-state index >= 15 is 0 Å². The molecule has 22 heavy (non-hydrogen) atoms. The van der Waals surface area contributed by atoms with Gasteiger partial charge >= 0.3 is 5.97 Å². The number of likely N-dealkylation sites (N-methyl/N-ethyl adjacent to an activating group) is 1. The Hall–Kier alpha value is -1.33. The molecule has 2 fully saturated rings. The Morgan fingerprint density at radius 3 is 2.86 bits per heavy atom. The number of anilines is 1. The van der Waals surface area contributed by atoms with Crippen LogP contribution in [0.5, 0.6) is 0 Å². The van der Waals surface area contributed by atoms with Gasteiger partial charge in [0, 0.05) is 19.1 Å². The number of carbonyl (C=O) groups is 1. The summed E-state index contributed by atoms with van der Waals surface area (Å²) in [7, 11) is 2.03. The molecule has 1 aromatic heterocycles. The van der Waals surface area contributed by atoms with Gasteiger partial charge in [-0.15, -0.1) is 0 Å². The molecule has 2 aliphatic rings. The maximum Gasteiger partial charge on any atom is 0.311 e. The number of likely N-dealkylation sites (tertiary alicyclic amines) is 1. The number of rotatable bonds is 2. The topological polar surface area (TPSA) is 56.7 Å². The monoisotopic (exact) mass is 323 g/mol. The highest BCUT2D eigenvalue weighted by Gasteiger charge is 2.52. The third kappa shape index (κ3) is 2.46. The molecule has 120 valence electrons. The second kappa shape index (κ2) is 5.70. The van der Waals surface area contributed by atoms with Crippen molar-refractivity contribution >= 4 is 23.4 Å². The largest absolute Gasteiger partial charge is 0.481 e. The molecular formula is C16H22ClN3O2. The number of hydrogen-bond acceptors (Lipinski definition) is 4. The van der Waals surface area contributed by atoms with E-state index in [2.05, 4.69) is 14.8 Å². The van der Waals surface area contributed by atoms with Crippen LogP contribution >= 0.6 is 11.6 Å². The predicted molar refractivity (Wildman–Crippen MR) is 86.5 cm³/mol. The minimum Gasteiger partial charge on any atom is -0.481 e. The fraction of sp³-hybridized carbons (Fsp3) is 0.625. The summed E-state index contributed by atoms with van der Waals surface area (Å²) in [5.74, 6) is 0.240. The number of piperidine rings is 2. The minimum absolute atomic E-state index is 0.0327. The SMILES string of the molecule is Cc1nc(N2CC[C@@]3(C(=O)O)CCCN(C)[C@@H]3C2)ccc1Cl. The second-order valence-electron chi connectivity index (χ2n) is 6.49. The van der Waals surface area contributed by atoms with E-state index in [0.29, 0.717) is 18.0 Å². The second-order valence-corrected chi connectivity index (χ2v) is 6.90. The first-order valence-electron chi connectivity index (χ1n) is 7.76. The molecule has 0 unspecified atom stereocenters. The molecule has 0 amide bonds. The summed E-state index contributed by atoms with van der Waals surface area (Å²) >= 11 is 6.05. The van der Waals surface area contributed by atoms with Crippen molar-refractivity contribution in [3.63, 3.8) is 0 Å². The molecule has 0 aromatic carbocycles. The maximum absolute atomic E-state index is 11.9. The number of pyridine rings is 1. The Balaban J connectivity index is 1.87. The molecular weight excluding hydrogens is 302 g/mol. The third-order valence-electron chi connectivity index (χ3n) is 5.28. The fourth-order valence-electron chi connectivity index (χ4n) is 3.90. The van der Waals surface area contributed by atoms with E-state index < -0.39 is 11.4 Å². The molecule has 2 saturated heterocycles. The maximum atomic E-state index is 11.9. The van der Waals surface area contributed by atoms with Gasteiger partial charge < -0.3 is 14.9 Å². The van der Waals surface area contributed by atoms with E-state index in [1.54, 1.807) is 0 Å². The molecule has 2 atom stereocenters. The van der Waals surface area contributed by atoms with E-state index in [9.17, 15) is 9.90 Å². The number of aromatic nitrogens is 1. The zero-order chi connectivity index (χ0) is 15.9. The third-order valence-corrected chi connectivity index (χ3v) is 5.68. The standard InChI is InChI=1S/C16H22ClN3O2/c1-11-12(17)4-5-14(18-11)20-9-7-16(15(21)22)6-3-8-19(2)13(16)10-20/h4-5,13H,3,6-10H2,1-2H3,(H,21,22)/t13-,16+/m1/s1. The van der Waals surface area contributed by atoms with Crippen molar-refractivity contribution in [2.45, 2.75) is 32.2 Å². The van der Waals surface area contributed by atoms with E-state index in [4.69, 9.17) is 11.6 Å². The molecule has 2 aliphatic heterocycles. The van der Waals surface area contributed by atoms with E-state index in [1.165, 1.54) is 0 Å². The molecule has 6 heteroatoms. The molecule has 0 bridgehead atoms. The number of nitrogens with zero attached hydrogens (tertiary/aromatic N) is 3. The normalized spacial score (nSPS) is 29.2. The van der Waals surface area contributed by atoms with Gasteiger partial charge in [-0.05, 0) is 51.9 Å². The highest BCUT2D eigenvalue weighted by Crippen LogP contribution is 2.43. The average Bonchev–Trinajstić information content (AvgIpc) is 2.50. The first-order chi connectivity index (χ1) is 10.4. The van der Waals surface area contributed by atoms with Crippen LogP contribution in [0.15, 0.2) is 12.1 Å². The summed E-state index contributed by atoms with van der Waals surface area (Å²) in [5, 5.41) is 10.5. The number of hydrogen-bond donors (Lipinski definition) is 1. The molecule has 1 aromatic rings. The lowest BCUT2D eigenvalue weighted by Crippen LogP contribution is -2.63. The number of aliphatic carboxylic acids is 1. The van der Waals surface area contributed by atoms with Crippen LogP contribution in [0.3, 0.4) is 0 Å². The van der Waals surface area contributed by atoms with E-state index in [1.807, 2.05) is 26.1 Å². The molecule has 0 aliphatic carbocycles. The summed E-state index contributed by atoms with van der Waals surface area (Å²) in [6, 6.07) is 3.82. The fourth-order valence-corrected chi connectivity index (χ4v) is 4.01. The number of halogens is 1. The number of carboxylic acids is 1. The number of fused-ring (bicyclic) bond motifs is 1. The van der Waals surface area contributed by atoms with Crippen LogP contribution in [0.25, 0.3) is 0 Å². The summed E-state index contributed by atoms with van der Waals surface area (Å²) < 4.78 is 0. The van der Waals surface area contributed by atoms with Crippen LogP contribution in [0.4, 0.5) is 5.82 Å². The predicted octanol–water partition coefficient (Wildman–Crippen LogP) is 2.42. The number of carboxylic acid groups (broad SMARTS) is 1. The molecule has 3 rings (SSSR count). The zero-order valence-electron chi connectivity index (χ0n) is 13.0. The highest BCUT2D eigenvalue weighted by atomic mass is 35.5. The molecule has 3 heterocycles. The molecule has 0 saturated carbocycles. The van der Waals surface area contributed by atoms with E-state index in [-0.39, 0.29) is 6.04 Å². The van der Waals surface area contributed by atoms with Crippen LogP contribution in [0.2, 0.25) is 5.02 Å². The van der Waals surface area contributed by atoms with Crippen molar-refractivity contribution < 1.29 is 9.90 Å². The first-order valence-corrected chi connectivity index (χ1v) is 8.13. The van der Waals surface area contributed by atoms with Crippen LogP contribution in [-0.4, -0.2) is 53.7 Å². The van der Waals surface area contributed by atoms with Crippen molar-refractivity contribution in [3.05, 3.63) is 22.8 Å². The van der Waals surface area contributed by atoms with Gasteiger partial charge in [-0.25, -0.2) is 4.98 Å². The van der Waals surface area contributed by atoms with Gasteiger partial charge in [-0.3, -0.25) is 4.79 Å². The average molecular weight is 324 g/mol. The van der Waals surface area contributed by atoms with E-state index in [0.717, 1.165) is 37.4 Å². The van der Waals surface area contributed by atoms with Crippen molar-refractivity contribution in [1.82, 2.24) is 9.88 Å². The zero-order valence-corrected chi connectivity index (χ0v) is 13.8. The van der Waals surface area contributed by atoms with Gasteiger partial charge in [0.05, 0.1) is 16.1 Å². The molecule has 1 N–H and O–H groups in total. The Morgan fingerprint density at radius 2 is 2.18 bits per heavy atom. The quantitative estimate of drug-likeness (QED) is 0.906. The molecule has 0 spiro atoms. The summed E-state index contributed by atoms with van der Waals surface area (Å²) in [6.45, 7) is 4.28. The smallest absolute Gasteiger partial charge is 0.311 e. The van der Waals surface area contributed by atoms with Gasteiger partial charge in [0.25, 0.3) is 0 Å². The lowest BCUT2D eigenvalue weighted by atomic mass is 9.68. The van der Waals surface area contributed by atoms with Crippen molar-refractivity contribution in [1.29, 1.82) is 0 Å². The lowest BCUT2D eigenvalue weighted by molar-refractivity contribution is -0.158. The molecule has 0 radical (unpaired) electrons. The van der Waals surface area contributed by atoms with Gasteiger partial charge in [-0.2, -0.15) is 0 Å². The van der Waals surface area contributed by atoms with Crippen molar-refractivity contribution in [2.24, 2.45) is 5.41 Å². The van der Waals surface area contributed by atoms with Crippen LogP contribution in [-0.2, 0) is 4.79 Å². The van der Waals surface area contributed by atoms with Crippen molar-refractivity contribution in [3.8, 4) is 0 Å². The Kier molecular flexibility index (Phi) is 4.03.